The van der Waals surface area contributed by atoms with Gasteiger partial charge in [-0.05, 0) is 0 Å². The lowest BCUT2D eigenvalue weighted by Crippen LogP contribution is -2.30. The van der Waals surface area contributed by atoms with Crippen LogP contribution in [0.3, 0.4) is 0 Å². The summed E-state index contributed by atoms with van der Waals surface area (Å²) in [6, 6.07) is 0. The molecule has 12 heavy (non-hydrogen) atoms. The van der Waals surface area contributed by atoms with Crippen molar-refractivity contribution in [3.8, 4) is 0 Å². The monoisotopic (exact) mass is 197 g/mol. The zero-order valence-corrected chi connectivity index (χ0v) is 7.88. The number of rotatable bonds is 6. The summed E-state index contributed by atoms with van der Waals surface area (Å²) in [6.07, 6.45) is -0.966. The standard InChI is InChI=1S/C6H15NO4S/c1-11-2-3-12(9,10)5-6(8)4-7/h6,8H,2-5,7H2,1H3. The summed E-state index contributed by atoms with van der Waals surface area (Å²) in [7, 11) is -1.78. The summed E-state index contributed by atoms with van der Waals surface area (Å²) >= 11 is 0. The number of aliphatic hydroxyl groups is 1. The summed E-state index contributed by atoms with van der Waals surface area (Å²) in [5, 5.41) is 8.95. The number of methoxy groups -OCH3 is 1. The zero-order chi connectivity index (χ0) is 9.61. The van der Waals surface area contributed by atoms with Gasteiger partial charge in [-0.25, -0.2) is 8.42 Å². The van der Waals surface area contributed by atoms with Crippen LogP contribution in [0.25, 0.3) is 0 Å². The molecule has 0 heterocycles. The van der Waals surface area contributed by atoms with Gasteiger partial charge < -0.3 is 15.6 Å². The molecule has 0 spiro atoms. The van der Waals surface area contributed by atoms with E-state index in [-0.39, 0.29) is 24.7 Å². The largest absolute Gasteiger partial charge is 0.391 e. The van der Waals surface area contributed by atoms with Gasteiger partial charge in [0.05, 0.1) is 24.2 Å². The molecule has 0 aromatic carbocycles. The summed E-state index contributed by atoms with van der Waals surface area (Å²) in [6.45, 7) is 0.117. The quantitative estimate of drug-likeness (QED) is 0.533. The molecule has 1 atom stereocenters. The van der Waals surface area contributed by atoms with Gasteiger partial charge in [0.25, 0.3) is 0 Å². The van der Waals surface area contributed by atoms with E-state index in [0.717, 1.165) is 0 Å². The molecule has 0 rings (SSSR count). The van der Waals surface area contributed by atoms with Crippen molar-refractivity contribution in [2.24, 2.45) is 5.73 Å². The number of nitrogens with two attached hydrogens (primary N) is 1. The van der Waals surface area contributed by atoms with Crippen molar-refractivity contribution in [3.05, 3.63) is 0 Å². The highest BCUT2D eigenvalue weighted by atomic mass is 32.2. The summed E-state index contributed by atoms with van der Waals surface area (Å²) < 4.78 is 26.7. The van der Waals surface area contributed by atoms with Gasteiger partial charge in [0, 0.05) is 13.7 Å². The van der Waals surface area contributed by atoms with E-state index >= 15 is 0 Å². The van der Waals surface area contributed by atoms with Crippen LogP contribution in [0.2, 0.25) is 0 Å². The smallest absolute Gasteiger partial charge is 0.155 e. The summed E-state index contributed by atoms with van der Waals surface area (Å²) in [4.78, 5) is 0. The Hall–Kier alpha value is -0.170. The molecule has 3 N–H and O–H groups in total. The second kappa shape index (κ2) is 5.47. The molecule has 0 aromatic heterocycles. The van der Waals surface area contributed by atoms with Crippen LogP contribution in [0.4, 0.5) is 0 Å². The molecule has 0 aliphatic rings. The third-order valence-corrected chi connectivity index (χ3v) is 3.00. The van der Waals surface area contributed by atoms with Crippen molar-refractivity contribution in [1.82, 2.24) is 0 Å². The Labute approximate surface area is 72.4 Å². The lowest BCUT2D eigenvalue weighted by Gasteiger charge is -2.07. The fourth-order valence-corrected chi connectivity index (χ4v) is 1.96. The van der Waals surface area contributed by atoms with Crippen LogP contribution in [-0.4, -0.2) is 51.4 Å². The van der Waals surface area contributed by atoms with E-state index in [1.165, 1.54) is 7.11 Å². The van der Waals surface area contributed by atoms with Crippen LogP contribution in [0.5, 0.6) is 0 Å². The van der Waals surface area contributed by atoms with E-state index in [9.17, 15) is 8.42 Å². The highest BCUT2D eigenvalue weighted by Gasteiger charge is 2.15. The first-order valence-electron chi connectivity index (χ1n) is 3.59. The maximum atomic E-state index is 11.1. The van der Waals surface area contributed by atoms with Gasteiger partial charge in [0.1, 0.15) is 0 Å². The Kier molecular flexibility index (Phi) is 5.39. The fraction of sp³-hybridized carbons (Fsp3) is 1.00. The van der Waals surface area contributed by atoms with Crippen LogP contribution >= 0.6 is 0 Å². The van der Waals surface area contributed by atoms with Crippen LogP contribution in [-0.2, 0) is 14.6 Å². The molecule has 5 nitrogen and oxygen atoms in total. The highest BCUT2D eigenvalue weighted by molar-refractivity contribution is 7.91. The van der Waals surface area contributed by atoms with E-state index in [0.29, 0.717) is 0 Å². The third kappa shape index (κ3) is 5.48. The average Bonchev–Trinajstić information content (AvgIpc) is 2.00. The van der Waals surface area contributed by atoms with E-state index in [2.05, 4.69) is 4.74 Å². The lowest BCUT2D eigenvalue weighted by atomic mass is 10.4. The van der Waals surface area contributed by atoms with Crippen molar-refractivity contribution in [1.29, 1.82) is 0 Å². The lowest BCUT2D eigenvalue weighted by molar-refractivity contribution is 0.203. The number of sulfone groups is 1. The molecule has 0 bridgehead atoms. The molecule has 0 amide bonds. The Morgan fingerprint density at radius 3 is 2.58 bits per heavy atom. The fourth-order valence-electron chi connectivity index (χ4n) is 0.655. The first kappa shape index (κ1) is 11.8. The van der Waals surface area contributed by atoms with Crippen LogP contribution < -0.4 is 5.73 Å². The minimum Gasteiger partial charge on any atom is -0.391 e. The van der Waals surface area contributed by atoms with Crippen molar-refractivity contribution in [2.75, 3.05) is 31.8 Å². The Morgan fingerprint density at radius 2 is 2.17 bits per heavy atom. The van der Waals surface area contributed by atoms with Gasteiger partial charge in [0.2, 0.25) is 0 Å². The third-order valence-electron chi connectivity index (χ3n) is 1.32. The molecule has 6 heteroatoms. The first-order chi connectivity index (χ1) is 5.52. The topological polar surface area (TPSA) is 89.6 Å². The normalized spacial score (nSPS) is 14.6. The second-order valence-corrected chi connectivity index (χ2v) is 4.73. The van der Waals surface area contributed by atoms with Crippen molar-refractivity contribution < 1.29 is 18.3 Å². The molecule has 0 saturated carbocycles. The molecule has 0 aromatic rings. The minimum atomic E-state index is -3.21. The molecule has 0 fully saturated rings. The molecule has 0 aliphatic carbocycles. The Bertz CT molecular complexity index is 202. The highest BCUT2D eigenvalue weighted by Crippen LogP contribution is 1.94. The van der Waals surface area contributed by atoms with Gasteiger partial charge in [-0.3, -0.25) is 0 Å². The van der Waals surface area contributed by atoms with Gasteiger partial charge in [-0.1, -0.05) is 0 Å². The van der Waals surface area contributed by atoms with Crippen LogP contribution in [0.1, 0.15) is 0 Å². The van der Waals surface area contributed by atoms with Crippen LogP contribution in [0, 0.1) is 0 Å². The van der Waals surface area contributed by atoms with E-state index in [1.54, 1.807) is 0 Å². The molecular weight excluding hydrogens is 182 g/mol. The maximum Gasteiger partial charge on any atom is 0.155 e. The first-order valence-corrected chi connectivity index (χ1v) is 5.41. The predicted molar refractivity (Wildman–Crippen MR) is 45.6 cm³/mol. The molecule has 1 unspecified atom stereocenters. The molecule has 0 radical (unpaired) electrons. The van der Waals surface area contributed by atoms with Gasteiger partial charge in [-0.2, -0.15) is 0 Å². The number of hydrogen-bond donors (Lipinski definition) is 2. The molecule has 74 valence electrons. The molecular formula is C6H15NO4S. The van der Waals surface area contributed by atoms with Crippen molar-refractivity contribution >= 4 is 9.84 Å². The Morgan fingerprint density at radius 1 is 1.58 bits per heavy atom. The second-order valence-electron chi connectivity index (χ2n) is 2.50. The van der Waals surface area contributed by atoms with E-state index in [1.807, 2.05) is 0 Å². The van der Waals surface area contributed by atoms with Crippen molar-refractivity contribution in [3.63, 3.8) is 0 Å². The van der Waals surface area contributed by atoms with Gasteiger partial charge in [-0.15, -0.1) is 0 Å². The van der Waals surface area contributed by atoms with Crippen molar-refractivity contribution in [2.45, 2.75) is 6.10 Å². The van der Waals surface area contributed by atoms with Crippen LogP contribution in [0.15, 0.2) is 0 Å². The minimum absolute atomic E-state index is 0.0355. The summed E-state index contributed by atoms with van der Waals surface area (Å²) in [5.41, 5.74) is 5.06. The SMILES string of the molecule is COCCS(=O)(=O)CC(O)CN. The maximum absolute atomic E-state index is 11.1. The van der Waals surface area contributed by atoms with Gasteiger partial charge >= 0.3 is 0 Å². The Balaban J connectivity index is 3.88. The molecule has 0 aliphatic heterocycles. The number of hydrogen-bond acceptors (Lipinski definition) is 5. The average molecular weight is 197 g/mol. The van der Waals surface area contributed by atoms with Gasteiger partial charge in [0.15, 0.2) is 9.84 Å². The predicted octanol–water partition coefficient (Wildman–Crippen LogP) is -1.63. The van der Waals surface area contributed by atoms with E-state index < -0.39 is 15.9 Å². The number of aliphatic hydroxyl groups excluding tert-OH is 1. The molecule has 0 saturated heterocycles. The zero-order valence-electron chi connectivity index (χ0n) is 7.06. The van der Waals surface area contributed by atoms with E-state index in [4.69, 9.17) is 10.8 Å². The summed E-state index contributed by atoms with van der Waals surface area (Å²) in [5.74, 6) is -0.354. The number of ether oxygens (including phenoxy) is 1.